The quantitative estimate of drug-likeness (QED) is 0.551. The number of piperazine rings is 1. The normalized spacial score (nSPS) is 15.6. The van der Waals surface area contributed by atoms with Crippen molar-refractivity contribution in [3.05, 3.63) is 41.1 Å². The number of nitrogens with zero attached hydrogens (tertiary/aromatic N) is 5. The molecule has 0 saturated carbocycles. The van der Waals surface area contributed by atoms with Crippen molar-refractivity contribution >= 4 is 38.9 Å². The smallest absolute Gasteiger partial charge is 0.420 e. The number of ether oxygens (including phenoxy) is 1. The van der Waals surface area contributed by atoms with Crippen LogP contribution in [0.2, 0.25) is 0 Å². The number of rotatable bonds is 2. The molecule has 0 N–H and O–H groups in total. The summed E-state index contributed by atoms with van der Waals surface area (Å²) >= 11 is 3.50. The van der Waals surface area contributed by atoms with Crippen LogP contribution in [0.15, 0.2) is 41.1 Å². The Labute approximate surface area is 184 Å². The lowest BCUT2D eigenvalue weighted by Gasteiger charge is -2.34. The van der Waals surface area contributed by atoms with Gasteiger partial charge < -0.3 is 14.5 Å². The van der Waals surface area contributed by atoms with Gasteiger partial charge in [-0.05, 0) is 55.9 Å². The van der Waals surface area contributed by atoms with E-state index in [1.807, 2.05) is 20.8 Å². The van der Waals surface area contributed by atoms with E-state index in [9.17, 15) is 4.79 Å². The molecule has 1 fully saturated rings. The highest BCUT2D eigenvalue weighted by Gasteiger charge is 2.22. The summed E-state index contributed by atoms with van der Waals surface area (Å²) in [6.45, 7) is 9.72. The minimum atomic E-state index is -0.584. The maximum Gasteiger partial charge on any atom is 0.420 e. The van der Waals surface area contributed by atoms with E-state index in [2.05, 4.69) is 62.0 Å². The minimum absolute atomic E-state index is 0.467. The molecule has 0 aliphatic carbocycles. The first-order chi connectivity index (χ1) is 14.2. The molecule has 3 aromatic rings. The Balaban J connectivity index is 1.59. The number of aromatic nitrogens is 3. The van der Waals surface area contributed by atoms with E-state index in [1.165, 1.54) is 10.3 Å². The first kappa shape index (κ1) is 20.8. The van der Waals surface area contributed by atoms with Crippen LogP contribution < -0.4 is 4.90 Å². The Bertz CT molecular complexity index is 1060. The molecule has 0 atom stereocenters. The van der Waals surface area contributed by atoms with Crippen LogP contribution in [0.25, 0.3) is 22.4 Å². The second-order valence-corrected chi connectivity index (χ2v) is 9.45. The van der Waals surface area contributed by atoms with Crippen molar-refractivity contribution in [3.8, 4) is 11.3 Å². The van der Waals surface area contributed by atoms with Gasteiger partial charge in [0.05, 0.1) is 16.4 Å². The minimum Gasteiger partial charge on any atom is -0.443 e. The third-order valence-corrected chi connectivity index (χ3v) is 5.65. The van der Waals surface area contributed by atoms with Crippen molar-refractivity contribution in [2.45, 2.75) is 26.4 Å². The van der Waals surface area contributed by atoms with Crippen LogP contribution >= 0.6 is 15.9 Å². The van der Waals surface area contributed by atoms with Gasteiger partial charge >= 0.3 is 6.09 Å². The number of hydrogen-bond donors (Lipinski definition) is 0. The predicted octanol–water partition coefficient (Wildman–Crippen LogP) is 4.40. The molecule has 0 bridgehead atoms. The summed E-state index contributed by atoms with van der Waals surface area (Å²) in [6, 6.07) is 8.41. The van der Waals surface area contributed by atoms with Crippen molar-refractivity contribution in [1.82, 2.24) is 19.4 Å². The number of benzene rings is 1. The highest BCUT2D eigenvalue weighted by Crippen LogP contribution is 2.28. The molecule has 0 unspecified atom stereocenters. The number of fused-ring (bicyclic) bond motifs is 1. The van der Waals surface area contributed by atoms with Gasteiger partial charge in [-0.1, -0.05) is 12.1 Å². The zero-order chi connectivity index (χ0) is 21.5. The SMILES string of the molecule is CN1CCN(c2ccc(-c3cnc4c(n3)c(Br)cn4C(=O)OC(C)(C)C)cc2)CC1. The average molecular weight is 472 g/mol. The molecule has 2 aromatic heterocycles. The first-order valence-electron chi connectivity index (χ1n) is 10.0. The Morgan fingerprint density at radius 3 is 2.40 bits per heavy atom. The zero-order valence-corrected chi connectivity index (χ0v) is 19.3. The molecule has 8 heteroatoms. The molecular weight excluding hydrogens is 446 g/mol. The van der Waals surface area contributed by atoms with Gasteiger partial charge in [0.1, 0.15) is 11.1 Å². The van der Waals surface area contributed by atoms with Gasteiger partial charge in [-0.3, -0.25) is 0 Å². The predicted molar refractivity (Wildman–Crippen MR) is 122 cm³/mol. The van der Waals surface area contributed by atoms with Gasteiger partial charge in [-0.2, -0.15) is 0 Å². The Morgan fingerprint density at radius 1 is 1.10 bits per heavy atom. The van der Waals surface area contributed by atoms with Crippen molar-refractivity contribution in [2.24, 2.45) is 0 Å². The Hall–Kier alpha value is -2.45. The number of likely N-dealkylation sites (N-methyl/N-ethyl adjacent to an activating group) is 1. The first-order valence-corrected chi connectivity index (χ1v) is 10.8. The van der Waals surface area contributed by atoms with E-state index in [1.54, 1.807) is 12.4 Å². The van der Waals surface area contributed by atoms with Crippen LogP contribution in [-0.4, -0.2) is 64.4 Å². The lowest BCUT2D eigenvalue weighted by molar-refractivity contribution is 0.0543. The summed E-state index contributed by atoms with van der Waals surface area (Å²) in [4.78, 5) is 26.5. The van der Waals surface area contributed by atoms with E-state index < -0.39 is 11.7 Å². The summed E-state index contributed by atoms with van der Waals surface area (Å²) in [5.74, 6) is 0. The molecule has 1 saturated heterocycles. The molecule has 1 aliphatic rings. The molecule has 7 nitrogen and oxygen atoms in total. The zero-order valence-electron chi connectivity index (χ0n) is 17.7. The number of halogens is 1. The number of carbonyl (C=O) groups excluding carboxylic acids is 1. The molecule has 0 amide bonds. The van der Waals surface area contributed by atoms with Crippen LogP contribution in [0.5, 0.6) is 0 Å². The molecule has 3 heterocycles. The highest BCUT2D eigenvalue weighted by molar-refractivity contribution is 9.10. The molecule has 158 valence electrons. The van der Waals surface area contributed by atoms with Crippen molar-refractivity contribution in [2.75, 3.05) is 38.1 Å². The van der Waals surface area contributed by atoms with Crippen LogP contribution in [0.1, 0.15) is 20.8 Å². The van der Waals surface area contributed by atoms with Crippen LogP contribution in [-0.2, 0) is 4.74 Å². The van der Waals surface area contributed by atoms with Crippen LogP contribution in [0, 0.1) is 0 Å². The summed E-state index contributed by atoms with van der Waals surface area (Å²) in [6.07, 6.45) is 2.87. The Morgan fingerprint density at radius 2 is 1.77 bits per heavy atom. The standard InChI is InChI=1S/C22H26BrN5O2/c1-22(2,3)30-21(29)28-14-17(23)19-20(28)24-13-18(25-19)15-5-7-16(8-6-15)27-11-9-26(4)10-12-27/h5-8,13-14H,9-12H2,1-4H3. The highest BCUT2D eigenvalue weighted by atomic mass is 79.9. The van der Waals surface area contributed by atoms with Crippen molar-refractivity contribution in [3.63, 3.8) is 0 Å². The summed E-state index contributed by atoms with van der Waals surface area (Å²) < 4.78 is 7.55. The van der Waals surface area contributed by atoms with E-state index in [4.69, 9.17) is 9.72 Å². The Kier molecular flexibility index (Phi) is 5.55. The maximum atomic E-state index is 12.5. The lowest BCUT2D eigenvalue weighted by Crippen LogP contribution is -2.44. The second-order valence-electron chi connectivity index (χ2n) is 8.59. The summed E-state index contributed by atoms with van der Waals surface area (Å²) in [5, 5.41) is 0. The third-order valence-electron chi connectivity index (χ3n) is 5.07. The fourth-order valence-electron chi connectivity index (χ4n) is 3.45. The number of hydrogen-bond acceptors (Lipinski definition) is 6. The molecular formula is C22H26BrN5O2. The monoisotopic (exact) mass is 471 g/mol. The van der Waals surface area contributed by atoms with Gasteiger partial charge in [0, 0.05) is 43.6 Å². The second kappa shape index (κ2) is 8.00. The van der Waals surface area contributed by atoms with Crippen molar-refractivity contribution < 1.29 is 9.53 Å². The molecule has 4 rings (SSSR count). The van der Waals surface area contributed by atoms with Crippen LogP contribution in [0.3, 0.4) is 0 Å². The molecule has 1 aromatic carbocycles. The van der Waals surface area contributed by atoms with Gasteiger partial charge in [0.25, 0.3) is 0 Å². The van der Waals surface area contributed by atoms with Gasteiger partial charge in [-0.25, -0.2) is 19.3 Å². The van der Waals surface area contributed by atoms with E-state index in [0.717, 1.165) is 37.4 Å². The van der Waals surface area contributed by atoms with Crippen molar-refractivity contribution in [1.29, 1.82) is 0 Å². The van der Waals surface area contributed by atoms with E-state index in [0.29, 0.717) is 15.6 Å². The molecule has 0 radical (unpaired) electrons. The topological polar surface area (TPSA) is 63.5 Å². The summed E-state index contributed by atoms with van der Waals surface area (Å²) in [7, 11) is 2.16. The average Bonchev–Trinajstić information content (AvgIpc) is 3.04. The van der Waals surface area contributed by atoms with Gasteiger partial charge in [-0.15, -0.1) is 0 Å². The van der Waals surface area contributed by atoms with E-state index in [-0.39, 0.29) is 0 Å². The summed E-state index contributed by atoms with van der Waals surface area (Å²) in [5.41, 5.74) is 3.47. The fourth-order valence-corrected chi connectivity index (χ4v) is 3.92. The number of carbonyl (C=O) groups is 1. The lowest BCUT2D eigenvalue weighted by atomic mass is 10.1. The fraction of sp³-hybridized carbons (Fsp3) is 0.409. The third kappa shape index (κ3) is 4.34. The number of anilines is 1. The molecule has 30 heavy (non-hydrogen) atoms. The van der Waals surface area contributed by atoms with E-state index >= 15 is 0 Å². The van der Waals surface area contributed by atoms with Gasteiger partial charge in [0.15, 0.2) is 5.65 Å². The maximum absolute atomic E-state index is 12.5. The molecule has 0 spiro atoms. The molecule has 1 aliphatic heterocycles. The van der Waals surface area contributed by atoms with Gasteiger partial charge in [0.2, 0.25) is 0 Å². The largest absolute Gasteiger partial charge is 0.443 e. The van der Waals surface area contributed by atoms with Crippen LogP contribution in [0.4, 0.5) is 10.5 Å².